The third-order valence-electron chi connectivity index (χ3n) is 5.76. The number of methoxy groups -OCH3 is 2. The lowest BCUT2D eigenvalue weighted by molar-refractivity contribution is -0.116. The lowest BCUT2D eigenvalue weighted by Gasteiger charge is -2.35. The predicted molar refractivity (Wildman–Crippen MR) is 121 cm³/mol. The van der Waals surface area contributed by atoms with Gasteiger partial charge in [0.1, 0.15) is 0 Å². The quantitative estimate of drug-likeness (QED) is 0.766. The zero-order valence-electron chi connectivity index (χ0n) is 17.8. The van der Waals surface area contributed by atoms with Crippen LogP contribution in [-0.2, 0) is 17.8 Å². The number of fused-ring (bicyclic) bond motifs is 1. The van der Waals surface area contributed by atoms with Crippen LogP contribution < -0.4 is 14.8 Å². The van der Waals surface area contributed by atoms with E-state index in [1.807, 2.05) is 41.3 Å². The Hall–Kier alpha value is -2.77. The van der Waals surface area contributed by atoms with E-state index < -0.39 is 0 Å². The smallest absolute Gasteiger partial charge is 0.253 e. The van der Waals surface area contributed by atoms with Crippen molar-refractivity contribution in [2.45, 2.75) is 19.4 Å². The van der Waals surface area contributed by atoms with Gasteiger partial charge in [0.25, 0.3) is 5.91 Å². The maximum atomic E-state index is 13.0. The van der Waals surface area contributed by atoms with Crippen LogP contribution in [0.3, 0.4) is 0 Å². The van der Waals surface area contributed by atoms with Crippen LogP contribution in [0.15, 0.2) is 36.4 Å². The van der Waals surface area contributed by atoms with Gasteiger partial charge in [-0.05, 0) is 47.9 Å². The highest BCUT2D eigenvalue weighted by Gasteiger charge is 2.24. The third-order valence-corrected chi connectivity index (χ3v) is 5.76. The first kappa shape index (κ1) is 22.9. The van der Waals surface area contributed by atoms with Crippen molar-refractivity contribution in [3.8, 4) is 11.5 Å². The average molecular weight is 446 g/mol. The zero-order valence-corrected chi connectivity index (χ0v) is 18.7. The molecule has 2 aromatic carbocycles. The minimum Gasteiger partial charge on any atom is -0.493 e. The zero-order chi connectivity index (χ0) is 21.1. The molecule has 1 fully saturated rings. The van der Waals surface area contributed by atoms with E-state index >= 15 is 0 Å². The number of benzene rings is 2. The minimum atomic E-state index is 0. The topological polar surface area (TPSA) is 71.1 Å². The number of halogens is 1. The van der Waals surface area contributed by atoms with Gasteiger partial charge in [0.05, 0.1) is 14.2 Å². The highest BCUT2D eigenvalue weighted by molar-refractivity contribution is 5.98. The molecule has 31 heavy (non-hydrogen) atoms. The lowest BCUT2D eigenvalue weighted by Crippen LogP contribution is -2.48. The SMILES string of the molecule is COc1ccc(CN2CCN(C(=O)c3ccc4c(c3)CCC(=O)N4)CC2)cc1OC.Cl. The molecule has 2 aromatic rings. The van der Waals surface area contributed by atoms with Gasteiger partial charge < -0.3 is 19.7 Å². The second-order valence-corrected chi connectivity index (χ2v) is 7.68. The highest BCUT2D eigenvalue weighted by Crippen LogP contribution is 2.28. The predicted octanol–water partition coefficient (Wildman–Crippen LogP) is 2.97. The second-order valence-electron chi connectivity index (χ2n) is 7.68. The Balaban J connectivity index is 0.00000272. The number of hydrogen-bond donors (Lipinski definition) is 1. The number of rotatable bonds is 5. The van der Waals surface area contributed by atoms with Crippen LogP contribution >= 0.6 is 12.4 Å². The lowest BCUT2D eigenvalue weighted by atomic mass is 10.00. The van der Waals surface area contributed by atoms with Gasteiger partial charge in [-0.2, -0.15) is 0 Å². The molecule has 0 atom stereocenters. The summed E-state index contributed by atoms with van der Waals surface area (Å²) in [5.41, 5.74) is 3.71. The molecule has 0 aliphatic carbocycles. The summed E-state index contributed by atoms with van der Waals surface area (Å²) in [6.45, 7) is 3.84. The number of anilines is 1. The number of aryl methyl sites for hydroxylation is 1. The van der Waals surface area contributed by atoms with Crippen molar-refractivity contribution < 1.29 is 19.1 Å². The van der Waals surface area contributed by atoms with Crippen LogP contribution in [0.1, 0.15) is 27.9 Å². The Morgan fingerprint density at radius 2 is 1.71 bits per heavy atom. The summed E-state index contributed by atoms with van der Waals surface area (Å²) in [7, 11) is 3.27. The molecular weight excluding hydrogens is 418 g/mol. The van der Waals surface area contributed by atoms with Gasteiger partial charge in [-0.25, -0.2) is 0 Å². The van der Waals surface area contributed by atoms with Gasteiger partial charge in [0, 0.05) is 50.4 Å². The molecule has 7 nitrogen and oxygen atoms in total. The van der Waals surface area contributed by atoms with E-state index in [1.54, 1.807) is 14.2 Å². The number of ether oxygens (including phenoxy) is 2. The molecule has 0 bridgehead atoms. The van der Waals surface area contributed by atoms with E-state index in [2.05, 4.69) is 10.2 Å². The van der Waals surface area contributed by atoms with E-state index in [1.165, 1.54) is 0 Å². The number of amides is 2. The van der Waals surface area contributed by atoms with Crippen molar-refractivity contribution >= 4 is 29.9 Å². The fourth-order valence-electron chi connectivity index (χ4n) is 4.05. The molecule has 2 aliphatic rings. The summed E-state index contributed by atoms with van der Waals surface area (Å²) in [5, 5.41) is 2.86. The molecule has 1 N–H and O–H groups in total. The Bertz CT molecular complexity index is 958. The number of carbonyl (C=O) groups is 2. The summed E-state index contributed by atoms with van der Waals surface area (Å²) in [6, 6.07) is 11.5. The average Bonchev–Trinajstić information content (AvgIpc) is 2.78. The summed E-state index contributed by atoms with van der Waals surface area (Å²) in [5.74, 6) is 1.54. The van der Waals surface area contributed by atoms with E-state index in [9.17, 15) is 9.59 Å². The molecule has 2 heterocycles. The number of nitrogens with zero attached hydrogens (tertiary/aromatic N) is 2. The molecular formula is C23H28ClN3O4. The van der Waals surface area contributed by atoms with Crippen LogP contribution in [0, 0.1) is 0 Å². The minimum absolute atomic E-state index is 0. The molecule has 2 amide bonds. The number of nitrogens with one attached hydrogen (secondary N) is 1. The molecule has 0 radical (unpaired) electrons. The molecule has 8 heteroatoms. The largest absolute Gasteiger partial charge is 0.493 e. The standard InChI is InChI=1S/C23H27N3O4.ClH/c1-29-20-7-3-16(13-21(20)30-2)15-25-9-11-26(12-10-25)23(28)18-4-6-19-17(14-18)5-8-22(27)24-19;/h3-4,6-7,13-14H,5,8-12,15H2,1-2H3,(H,24,27);1H. The summed E-state index contributed by atoms with van der Waals surface area (Å²) in [4.78, 5) is 28.7. The third kappa shape index (κ3) is 5.11. The highest BCUT2D eigenvalue weighted by atomic mass is 35.5. The molecule has 166 valence electrons. The number of piperazine rings is 1. The van der Waals surface area contributed by atoms with Gasteiger partial charge in [-0.15, -0.1) is 12.4 Å². The Labute approximate surface area is 188 Å². The van der Waals surface area contributed by atoms with Crippen LogP contribution in [0.2, 0.25) is 0 Å². The molecule has 1 saturated heterocycles. The van der Waals surface area contributed by atoms with Gasteiger partial charge in [-0.1, -0.05) is 6.07 Å². The fourth-order valence-corrected chi connectivity index (χ4v) is 4.05. The van der Waals surface area contributed by atoms with E-state index in [0.717, 1.165) is 47.9 Å². The van der Waals surface area contributed by atoms with Crippen LogP contribution in [-0.4, -0.2) is 62.0 Å². The van der Waals surface area contributed by atoms with Crippen molar-refractivity contribution in [2.24, 2.45) is 0 Å². The van der Waals surface area contributed by atoms with Crippen molar-refractivity contribution in [1.82, 2.24) is 9.80 Å². The first-order valence-electron chi connectivity index (χ1n) is 10.2. The fraction of sp³-hybridized carbons (Fsp3) is 0.391. The number of hydrogen-bond acceptors (Lipinski definition) is 5. The van der Waals surface area contributed by atoms with E-state index in [0.29, 0.717) is 31.5 Å². The Morgan fingerprint density at radius 1 is 0.968 bits per heavy atom. The van der Waals surface area contributed by atoms with Gasteiger partial charge >= 0.3 is 0 Å². The molecule has 2 aliphatic heterocycles. The monoisotopic (exact) mass is 445 g/mol. The number of carbonyl (C=O) groups excluding carboxylic acids is 2. The van der Waals surface area contributed by atoms with Crippen molar-refractivity contribution in [3.63, 3.8) is 0 Å². The van der Waals surface area contributed by atoms with Gasteiger partial charge in [0.15, 0.2) is 11.5 Å². The second kappa shape index (κ2) is 10.0. The molecule has 4 rings (SSSR count). The van der Waals surface area contributed by atoms with Crippen LogP contribution in [0.4, 0.5) is 5.69 Å². The van der Waals surface area contributed by atoms with Crippen molar-refractivity contribution in [1.29, 1.82) is 0 Å². The first-order chi connectivity index (χ1) is 14.6. The maximum Gasteiger partial charge on any atom is 0.253 e. The Kier molecular flexibility index (Phi) is 7.41. The van der Waals surface area contributed by atoms with E-state index in [4.69, 9.17) is 9.47 Å². The van der Waals surface area contributed by atoms with Gasteiger partial charge in [-0.3, -0.25) is 14.5 Å². The summed E-state index contributed by atoms with van der Waals surface area (Å²) in [6.07, 6.45) is 1.15. The molecule has 0 aromatic heterocycles. The van der Waals surface area contributed by atoms with Crippen molar-refractivity contribution in [3.05, 3.63) is 53.1 Å². The Morgan fingerprint density at radius 3 is 2.42 bits per heavy atom. The molecule has 0 unspecified atom stereocenters. The normalized spacial score (nSPS) is 16.1. The maximum absolute atomic E-state index is 13.0. The van der Waals surface area contributed by atoms with Crippen molar-refractivity contribution in [2.75, 3.05) is 45.7 Å². The van der Waals surface area contributed by atoms with E-state index in [-0.39, 0.29) is 24.2 Å². The van der Waals surface area contributed by atoms with Gasteiger partial charge in [0.2, 0.25) is 5.91 Å². The summed E-state index contributed by atoms with van der Waals surface area (Å²) >= 11 is 0. The molecule has 0 saturated carbocycles. The van der Waals surface area contributed by atoms with Crippen LogP contribution in [0.5, 0.6) is 11.5 Å². The van der Waals surface area contributed by atoms with Crippen LogP contribution in [0.25, 0.3) is 0 Å². The molecule has 0 spiro atoms. The first-order valence-corrected chi connectivity index (χ1v) is 10.2. The summed E-state index contributed by atoms with van der Waals surface area (Å²) < 4.78 is 10.7.